The molecular formula is C12H11NO3S. The fourth-order valence-corrected chi connectivity index (χ4v) is 1.76. The minimum absolute atomic E-state index is 0.295. The van der Waals surface area contributed by atoms with Gasteiger partial charge in [-0.3, -0.25) is 0 Å². The van der Waals surface area contributed by atoms with Crippen LogP contribution in [0.15, 0.2) is 47.1 Å². The molecule has 0 atom stereocenters. The summed E-state index contributed by atoms with van der Waals surface area (Å²) in [6.07, 6.45) is 1.55. The molecule has 0 unspecified atom stereocenters. The number of nitrogens with zero attached hydrogens (tertiary/aromatic N) is 1. The Labute approximate surface area is 103 Å². The van der Waals surface area contributed by atoms with Crippen LogP contribution in [-0.2, 0) is 17.1 Å². The quantitative estimate of drug-likeness (QED) is 0.778. The van der Waals surface area contributed by atoms with E-state index in [1.165, 1.54) is 0 Å². The second-order valence-corrected chi connectivity index (χ2v) is 4.20. The van der Waals surface area contributed by atoms with Crippen LogP contribution >= 0.6 is 11.8 Å². The predicted molar refractivity (Wildman–Crippen MR) is 64.4 cm³/mol. The molecule has 0 spiro atoms. The van der Waals surface area contributed by atoms with Gasteiger partial charge >= 0.3 is 5.30 Å². The molecule has 4 nitrogen and oxygen atoms in total. The van der Waals surface area contributed by atoms with Crippen LogP contribution in [0, 0.1) is 0 Å². The van der Waals surface area contributed by atoms with Gasteiger partial charge in [0.15, 0.2) is 0 Å². The van der Waals surface area contributed by atoms with Gasteiger partial charge in [-0.2, -0.15) is 0 Å². The minimum Gasteiger partial charge on any atom is -0.453 e. The van der Waals surface area contributed by atoms with E-state index < -0.39 is 0 Å². The zero-order valence-corrected chi connectivity index (χ0v) is 9.85. The number of aromatic nitrogens is 1. The summed E-state index contributed by atoms with van der Waals surface area (Å²) in [5.41, 5.74) is 0.973. The van der Waals surface area contributed by atoms with Crippen LogP contribution in [0.25, 0.3) is 0 Å². The average molecular weight is 249 g/mol. The molecule has 0 aliphatic rings. The Balaban J connectivity index is 1.71. The van der Waals surface area contributed by atoms with Crippen LogP contribution in [0.1, 0.15) is 11.3 Å². The van der Waals surface area contributed by atoms with Crippen molar-refractivity contribution in [2.24, 2.45) is 0 Å². The highest BCUT2D eigenvalue weighted by Crippen LogP contribution is 2.15. The first-order valence-electron chi connectivity index (χ1n) is 5.07. The zero-order chi connectivity index (χ0) is 11.9. The summed E-state index contributed by atoms with van der Waals surface area (Å²) in [4.78, 5) is 11.4. The number of carbonyl (C=O) groups is 1. The minimum atomic E-state index is -0.315. The van der Waals surface area contributed by atoms with Crippen molar-refractivity contribution in [2.45, 2.75) is 12.4 Å². The van der Waals surface area contributed by atoms with Gasteiger partial charge in [0.2, 0.25) is 0 Å². The number of hydrogen-bond acceptors (Lipinski definition) is 5. The molecule has 2 rings (SSSR count). The van der Waals surface area contributed by atoms with Crippen LogP contribution in [0.5, 0.6) is 0 Å². The highest BCUT2D eigenvalue weighted by molar-refractivity contribution is 8.12. The molecule has 0 radical (unpaired) electrons. The summed E-state index contributed by atoms with van der Waals surface area (Å²) in [5, 5.41) is 3.24. The van der Waals surface area contributed by atoms with Crippen LogP contribution in [0.2, 0.25) is 0 Å². The Morgan fingerprint density at radius 1 is 1.29 bits per heavy atom. The average Bonchev–Trinajstić information content (AvgIpc) is 2.88. The monoisotopic (exact) mass is 249 g/mol. The van der Waals surface area contributed by atoms with Crippen molar-refractivity contribution >= 4 is 17.1 Å². The molecule has 1 heterocycles. The summed E-state index contributed by atoms with van der Waals surface area (Å²) in [6, 6.07) is 11.3. The van der Waals surface area contributed by atoms with E-state index in [0.29, 0.717) is 18.1 Å². The van der Waals surface area contributed by atoms with E-state index >= 15 is 0 Å². The second kappa shape index (κ2) is 6.10. The lowest BCUT2D eigenvalue weighted by Gasteiger charge is -2.03. The van der Waals surface area contributed by atoms with Gasteiger partial charge in [-0.25, -0.2) is 4.79 Å². The lowest BCUT2D eigenvalue weighted by molar-refractivity contribution is 0.168. The Kier molecular flexibility index (Phi) is 4.21. The molecule has 17 heavy (non-hydrogen) atoms. The fraction of sp³-hybridized carbons (Fsp3) is 0.167. The second-order valence-electron chi connectivity index (χ2n) is 3.29. The van der Waals surface area contributed by atoms with Crippen molar-refractivity contribution in [1.82, 2.24) is 5.16 Å². The summed E-state index contributed by atoms with van der Waals surface area (Å²) >= 11 is 1.06. The molecule has 1 aromatic carbocycles. The topological polar surface area (TPSA) is 52.3 Å². The maximum atomic E-state index is 11.4. The number of hydrogen-bond donors (Lipinski definition) is 0. The first-order valence-corrected chi connectivity index (χ1v) is 6.06. The van der Waals surface area contributed by atoms with Crippen LogP contribution in [0.3, 0.4) is 0 Å². The molecule has 88 valence electrons. The van der Waals surface area contributed by atoms with Crippen molar-refractivity contribution in [3.63, 3.8) is 0 Å². The zero-order valence-electron chi connectivity index (χ0n) is 9.04. The third-order valence-electron chi connectivity index (χ3n) is 2.02. The Bertz CT molecular complexity index is 456. The van der Waals surface area contributed by atoms with Gasteiger partial charge in [-0.15, -0.1) is 0 Å². The maximum absolute atomic E-state index is 11.4. The summed E-state index contributed by atoms with van der Waals surface area (Å²) in [6.45, 7) is 0.295. The van der Waals surface area contributed by atoms with Crippen LogP contribution < -0.4 is 0 Å². The summed E-state index contributed by atoms with van der Waals surface area (Å²) in [5.74, 6) is 1.10. The SMILES string of the molecule is O=C(OCc1ccccc1)SCc1ccno1. The van der Waals surface area contributed by atoms with Gasteiger partial charge in [-0.05, 0) is 17.3 Å². The largest absolute Gasteiger partial charge is 0.453 e. The van der Waals surface area contributed by atoms with E-state index in [-0.39, 0.29) is 5.30 Å². The normalized spacial score (nSPS) is 10.1. The van der Waals surface area contributed by atoms with Gasteiger partial charge in [0, 0.05) is 6.07 Å². The molecule has 0 aliphatic heterocycles. The molecule has 0 saturated heterocycles. The van der Waals surface area contributed by atoms with Gasteiger partial charge in [-0.1, -0.05) is 35.5 Å². The van der Waals surface area contributed by atoms with E-state index in [1.807, 2.05) is 30.3 Å². The molecule has 1 aromatic heterocycles. The Hall–Kier alpha value is -1.75. The Morgan fingerprint density at radius 3 is 2.82 bits per heavy atom. The number of benzene rings is 1. The van der Waals surface area contributed by atoms with Gasteiger partial charge < -0.3 is 9.26 Å². The van der Waals surface area contributed by atoms with E-state index in [1.54, 1.807) is 12.3 Å². The van der Waals surface area contributed by atoms with Gasteiger partial charge in [0.25, 0.3) is 0 Å². The highest BCUT2D eigenvalue weighted by Gasteiger charge is 2.06. The lowest BCUT2D eigenvalue weighted by atomic mass is 10.2. The number of rotatable bonds is 4. The smallest absolute Gasteiger partial charge is 0.368 e. The van der Waals surface area contributed by atoms with Gasteiger partial charge in [0.1, 0.15) is 12.4 Å². The van der Waals surface area contributed by atoms with Crippen LogP contribution in [0.4, 0.5) is 4.79 Å². The maximum Gasteiger partial charge on any atom is 0.368 e. The summed E-state index contributed by atoms with van der Waals surface area (Å²) in [7, 11) is 0. The standard InChI is InChI=1S/C12H11NO3S/c14-12(17-9-11-6-7-13-16-11)15-8-10-4-2-1-3-5-10/h1-7H,8-9H2. The van der Waals surface area contributed by atoms with Crippen molar-refractivity contribution in [2.75, 3.05) is 0 Å². The van der Waals surface area contributed by atoms with Crippen molar-refractivity contribution in [1.29, 1.82) is 0 Å². The molecule has 0 saturated carbocycles. The number of carbonyl (C=O) groups excluding carboxylic acids is 1. The van der Waals surface area contributed by atoms with E-state index in [0.717, 1.165) is 17.3 Å². The molecule has 0 aliphatic carbocycles. The highest BCUT2D eigenvalue weighted by atomic mass is 32.2. The molecule has 0 bridgehead atoms. The van der Waals surface area contributed by atoms with E-state index in [9.17, 15) is 4.79 Å². The van der Waals surface area contributed by atoms with Crippen molar-refractivity contribution < 1.29 is 14.1 Å². The molecule has 5 heteroatoms. The predicted octanol–water partition coefficient (Wildman–Crippen LogP) is 3.24. The number of ether oxygens (including phenoxy) is 1. The lowest BCUT2D eigenvalue weighted by Crippen LogP contribution is -1.98. The van der Waals surface area contributed by atoms with Crippen molar-refractivity contribution in [3.05, 3.63) is 53.9 Å². The molecule has 0 N–H and O–H groups in total. The summed E-state index contributed by atoms with van der Waals surface area (Å²) < 4.78 is 9.96. The Morgan fingerprint density at radius 2 is 2.12 bits per heavy atom. The molecular weight excluding hydrogens is 238 g/mol. The van der Waals surface area contributed by atoms with Crippen molar-refractivity contribution in [3.8, 4) is 0 Å². The van der Waals surface area contributed by atoms with E-state index in [4.69, 9.17) is 9.26 Å². The van der Waals surface area contributed by atoms with Crippen LogP contribution in [-0.4, -0.2) is 10.5 Å². The molecule has 0 fully saturated rings. The number of thioether (sulfide) groups is 1. The first-order chi connectivity index (χ1) is 8.34. The molecule has 2 aromatic rings. The fourth-order valence-electron chi connectivity index (χ4n) is 1.20. The third kappa shape index (κ3) is 3.96. The first kappa shape index (κ1) is 11.7. The van der Waals surface area contributed by atoms with E-state index in [2.05, 4.69) is 5.16 Å². The molecule has 0 amide bonds. The van der Waals surface area contributed by atoms with Gasteiger partial charge in [0.05, 0.1) is 11.9 Å². The third-order valence-corrected chi connectivity index (χ3v) is 2.81.